The minimum atomic E-state index is -0.476. The zero-order valence-electron chi connectivity index (χ0n) is 16.2. The van der Waals surface area contributed by atoms with Gasteiger partial charge in [0, 0.05) is 18.2 Å². The zero-order chi connectivity index (χ0) is 19.9. The van der Waals surface area contributed by atoms with E-state index in [1.807, 2.05) is 0 Å². The van der Waals surface area contributed by atoms with Gasteiger partial charge in [-0.2, -0.15) is 0 Å². The molecule has 2 bridgehead atoms. The second-order valence-electron chi connectivity index (χ2n) is 7.27. The second-order valence-corrected chi connectivity index (χ2v) is 7.27. The molecule has 3 N–H and O–H groups in total. The van der Waals surface area contributed by atoms with Gasteiger partial charge in [-0.25, -0.2) is 0 Å². The van der Waals surface area contributed by atoms with Crippen LogP contribution in [0.5, 0.6) is 11.5 Å². The van der Waals surface area contributed by atoms with Gasteiger partial charge in [0.05, 0.1) is 0 Å². The maximum absolute atomic E-state index is 10.9. The maximum atomic E-state index is 10.9. The molecule has 0 unspecified atom stereocenters. The fourth-order valence-corrected chi connectivity index (χ4v) is 3.50. The standard InChI is InChI=1S/C15H14N2O3.C7H13N/c1-10(18)17-12-4-8-14(9-5-12)20-13-6-2-11(3-7-13)15(16)19;1-4-8-5-2-7(1)3-6-8/h2-9H,1H3,(H2,16,19)(H,17,18);7H,1-6H2. The van der Waals surface area contributed by atoms with Crippen LogP contribution in [0.4, 0.5) is 5.69 Å². The quantitative estimate of drug-likeness (QED) is 0.847. The summed E-state index contributed by atoms with van der Waals surface area (Å²) >= 11 is 0. The van der Waals surface area contributed by atoms with Crippen LogP contribution in [-0.2, 0) is 4.79 Å². The van der Waals surface area contributed by atoms with Crippen molar-refractivity contribution >= 4 is 17.5 Å². The highest BCUT2D eigenvalue weighted by Crippen LogP contribution is 2.26. The summed E-state index contributed by atoms with van der Waals surface area (Å²) in [7, 11) is 0. The molecule has 0 atom stereocenters. The summed E-state index contributed by atoms with van der Waals surface area (Å²) in [5.41, 5.74) is 6.29. The molecular formula is C22H27N3O3. The van der Waals surface area contributed by atoms with E-state index in [4.69, 9.17) is 10.5 Å². The number of carbonyl (C=O) groups is 2. The highest BCUT2D eigenvalue weighted by atomic mass is 16.5. The Hall–Kier alpha value is -2.86. The Balaban J connectivity index is 0.000000231. The summed E-state index contributed by atoms with van der Waals surface area (Å²) in [6.45, 7) is 5.63. The number of fused-ring (bicyclic) bond motifs is 3. The van der Waals surface area contributed by atoms with E-state index in [-0.39, 0.29) is 5.91 Å². The second kappa shape index (κ2) is 9.37. The molecule has 0 radical (unpaired) electrons. The number of amides is 2. The Kier molecular flexibility index (Phi) is 6.66. The highest BCUT2D eigenvalue weighted by Gasteiger charge is 2.24. The molecule has 3 aliphatic rings. The first kappa shape index (κ1) is 19.9. The number of nitrogens with one attached hydrogen (secondary N) is 1. The molecule has 0 saturated carbocycles. The topological polar surface area (TPSA) is 84.7 Å². The molecule has 2 aromatic carbocycles. The van der Waals surface area contributed by atoms with Crippen LogP contribution in [0, 0.1) is 5.92 Å². The van der Waals surface area contributed by atoms with E-state index in [0.717, 1.165) is 5.92 Å². The summed E-state index contributed by atoms with van der Waals surface area (Å²) in [6, 6.07) is 13.5. The van der Waals surface area contributed by atoms with Crippen LogP contribution in [0.15, 0.2) is 48.5 Å². The van der Waals surface area contributed by atoms with Crippen LogP contribution >= 0.6 is 0 Å². The van der Waals surface area contributed by atoms with Crippen molar-refractivity contribution in [3.05, 3.63) is 54.1 Å². The molecular weight excluding hydrogens is 354 g/mol. The van der Waals surface area contributed by atoms with Crippen molar-refractivity contribution in [1.29, 1.82) is 0 Å². The summed E-state index contributed by atoms with van der Waals surface area (Å²) in [5.74, 6) is 1.74. The van der Waals surface area contributed by atoms with Gasteiger partial charge in [0.2, 0.25) is 11.8 Å². The number of nitrogens with zero attached hydrogens (tertiary/aromatic N) is 1. The number of hydrogen-bond acceptors (Lipinski definition) is 4. The number of rotatable bonds is 4. The molecule has 0 spiro atoms. The fraction of sp³-hybridized carbons (Fsp3) is 0.364. The van der Waals surface area contributed by atoms with Gasteiger partial charge in [0.25, 0.3) is 0 Å². The Morgan fingerprint density at radius 3 is 1.79 bits per heavy atom. The van der Waals surface area contributed by atoms with Crippen LogP contribution in [0.3, 0.4) is 0 Å². The molecule has 28 heavy (non-hydrogen) atoms. The smallest absolute Gasteiger partial charge is 0.248 e. The van der Waals surface area contributed by atoms with Crippen molar-refractivity contribution in [3.63, 3.8) is 0 Å². The van der Waals surface area contributed by atoms with Crippen LogP contribution in [0.1, 0.15) is 36.5 Å². The molecule has 6 heteroatoms. The van der Waals surface area contributed by atoms with E-state index in [1.165, 1.54) is 45.8 Å². The Bertz CT molecular complexity index is 772. The van der Waals surface area contributed by atoms with E-state index in [0.29, 0.717) is 22.7 Å². The first-order chi connectivity index (χ1) is 13.5. The van der Waals surface area contributed by atoms with Crippen molar-refractivity contribution in [2.45, 2.75) is 26.2 Å². The molecule has 3 heterocycles. The number of carbonyl (C=O) groups excluding carboxylic acids is 2. The number of hydrogen-bond donors (Lipinski definition) is 2. The van der Waals surface area contributed by atoms with Crippen LogP contribution < -0.4 is 15.8 Å². The number of nitrogens with two attached hydrogens (primary N) is 1. The third-order valence-corrected chi connectivity index (χ3v) is 5.11. The first-order valence-electron chi connectivity index (χ1n) is 9.67. The predicted octanol–water partition coefficient (Wildman–Crippen LogP) is 3.64. The average molecular weight is 381 g/mol. The van der Waals surface area contributed by atoms with E-state index in [9.17, 15) is 9.59 Å². The van der Waals surface area contributed by atoms with E-state index >= 15 is 0 Å². The van der Waals surface area contributed by atoms with Gasteiger partial charge in [-0.15, -0.1) is 0 Å². The van der Waals surface area contributed by atoms with Gasteiger partial charge in [-0.1, -0.05) is 0 Å². The SMILES string of the molecule is C1CN2CCC1CC2.CC(=O)Nc1ccc(Oc2ccc(C(N)=O)cc2)cc1. The molecule has 3 aliphatic heterocycles. The largest absolute Gasteiger partial charge is 0.457 e. The van der Waals surface area contributed by atoms with Crippen molar-refractivity contribution in [2.75, 3.05) is 25.0 Å². The number of piperidine rings is 3. The predicted molar refractivity (Wildman–Crippen MR) is 110 cm³/mol. The summed E-state index contributed by atoms with van der Waals surface area (Å²) in [4.78, 5) is 24.4. The zero-order valence-corrected chi connectivity index (χ0v) is 16.2. The van der Waals surface area contributed by atoms with Crippen molar-refractivity contribution in [1.82, 2.24) is 4.90 Å². The molecule has 0 aromatic heterocycles. The van der Waals surface area contributed by atoms with Crippen molar-refractivity contribution < 1.29 is 14.3 Å². The fourth-order valence-electron chi connectivity index (χ4n) is 3.50. The van der Waals surface area contributed by atoms with Gasteiger partial charge in [-0.3, -0.25) is 9.59 Å². The van der Waals surface area contributed by atoms with Gasteiger partial charge in [-0.05, 0) is 93.3 Å². The van der Waals surface area contributed by atoms with E-state index < -0.39 is 5.91 Å². The van der Waals surface area contributed by atoms with Gasteiger partial charge >= 0.3 is 0 Å². The third kappa shape index (κ3) is 5.82. The third-order valence-electron chi connectivity index (χ3n) is 5.11. The number of anilines is 1. The van der Waals surface area contributed by atoms with Crippen LogP contribution in [0.25, 0.3) is 0 Å². The van der Waals surface area contributed by atoms with Crippen molar-refractivity contribution in [2.24, 2.45) is 11.7 Å². The van der Waals surface area contributed by atoms with Gasteiger partial charge in [0.1, 0.15) is 11.5 Å². The Morgan fingerprint density at radius 2 is 1.43 bits per heavy atom. The summed E-state index contributed by atoms with van der Waals surface area (Å²) < 4.78 is 5.61. The molecule has 3 saturated heterocycles. The van der Waals surface area contributed by atoms with Gasteiger partial charge < -0.3 is 20.7 Å². The van der Waals surface area contributed by atoms with E-state index in [2.05, 4.69) is 10.2 Å². The lowest BCUT2D eigenvalue weighted by atomic mass is 9.89. The minimum Gasteiger partial charge on any atom is -0.457 e. The maximum Gasteiger partial charge on any atom is 0.248 e. The van der Waals surface area contributed by atoms with Gasteiger partial charge in [0.15, 0.2) is 0 Å². The highest BCUT2D eigenvalue weighted by molar-refractivity contribution is 5.92. The summed E-state index contributed by atoms with van der Waals surface area (Å²) in [6.07, 6.45) is 4.46. The lowest BCUT2D eigenvalue weighted by Crippen LogP contribution is -2.41. The number of benzene rings is 2. The molecule has 5 rings (SSSR count). The lowest BCUT2D eigenvalue weighted by Gasteiger charge is -2.38. The molecule has 0 aliphatic carbocycles. The number of primary amides is 1. The molecule has 2 amide bonds. The molecule has 3 fully saturated rings. The van der Waals surface area contributed by atoms with E-state index in [1.54, 1.807) is 48.5 Å². The normalized spacial score (nSPS) is 19.9. The average Bonchev–Trinajstić information content (AvgIpc) is 2.71. The summed E-state index contributed by atoms with van der Waals surface area (Å²) in [5, 5.41) is 2.67. The lowest BCUT2D eigenvalue weighted by molar-refractivity contribution is -0.114. The monoisotopic (exact) mass is 381 g/mol. The molecule has 148 valence electrons. The van der Waals surface area contributed by atoms with Crippen LogP contribution in [-0.4, -0.2) is 36.3 Å². The Labute approximate surface area is 165 Å². The van der Waals surface area contributed by atoms with Crippen molar-refractivity contribution in [3.8, 4) is 11.5 Å². The molecule has 6 nitrogen and oxygen atoms in total. The minimum absolute atomic E-state index is 0.124. The van der Waals surface area contributed by atoms with Crippen LogP contribution in [0.2, 0.25) is 0 Å². The molecule has 2 aromatic rings. The number of ether oxygens (including phenoxy) is 1. The first-order valence-corrected chi connectivity index (χ1v) is 9.67. The Morgan fingerprint density at radius 1 is 0.929 bits per heavy atom.